The van der Waals surface area contributed by atoms with Crippen molar-refractivity contribution in [3.63, 3.8) is 0 Å². The largest absolute Gasteiger partial charge is 0.0782 e. The molecule has 4 rings (SSSR count). The molecule has 4 aromatic rings. The van der Waals surface area contributed by atoms with Gasteiger partial charge in [0.1, 0.15) is 0 Å². The molecule has 1 heteroatoms. The lowest BCUT2D eigenvalue weighted by Gasteiger charge is -2.13. The second-order valence-electron chi connectivity index (χ2n) is 4.72. The van der Waals surface area contributed by atoms with Gasteiger partial charge in [-0.2, -0.15) is 0 Å². The Labute approximate surface area is 108 Å². The summed E-state index contributed by atoms with van der Waals surface area (Å²) in [5.41, 5.74) is 0. The lowest BCUT2D eigenvalue weighted by Crippen LogP contribution is -2.12. The zero-order chi connectivity index (χ0) is 12.1. The molecule has 84 valence electrons. The molecule has 0 saturated heterocycles. The molecule has 0 aliphatic heterocycles. The van der Waals surface area contributed by atoms with Crippen LogP contribution in [0.25, 0.3) is 32.3 Å². The Balaban J connectivity index is 2.43. The lowest BCUT2D eigenvalue weighted by atomic mass is 9.94. The summed E-state index contributed by atoms with van der Waals surface area (Å²) in [7, 11) is 0.840. The average molecular weight is 244 g/mol. The minimum absolute atomic E-state index is 0.840. The number of rotatable bonds is 1. The summed E-state index contributed by atoms with van der Waals surface area (Å²) in [6.45, 7) is 2.26. The van der Waals surface area contributed by atoms with Crippen LogP contribution in [0.2, 0.25) is 6.55 Å². The van der Waals surface area contributed by atoms with Crippen LogP contribution < -0.4 is 5.19 Å². The van der Waals surface area contributed by atoms with Crippen LogP contribution in [0.5, 0.6) is 0 Å². The van der Waals surface area contributed by atoms with Crippen molar-refractivity contribution in [3.8, 4) is 0 Å². The van der Waals surface area contributed by atoms with Gasteiger partial charge in [-0.25, -0.2) is 0 Å². The van der Waals surface area contributed by atoms with Crippen molar-refractivity contribution in [2.24, 2.45) is 0 Å². The highest BCUT2D eigenvalue weighted by Crippen LogP contribution is 2.33. The quantitative estimate of drug-likeness (QED) is 0.351. The third-order valence-electron chi connectivity index (χ3n) is 3.78. The van der Waals surface area contributed by atoms with Crippen molar-refractivity contribution in [2.75, 3.05) is 0 Å². The van der Waals surface area contributed by atoms with Crippen LogP contribution in [0.4, 0.5) is 0 Å². The van der Waals surface area contributed by atoms with E-state index < -0.39 is 0 Å². The molecule has 0 amide bonds. The van der Waals surface area contributed by atoms with Gasteiger partial charge in [0.25, 0.3) is 0 Å². The first-order valence-electron chi connectivity index (χ1n) is 6.23. The van der Waals surface area contributed by atoms with E-state index in [1.807, 2.05) is 0 Å². The molecule has 0 aliphatic rings. The molecule has 0 aromatic heterocycles. The summed E-state index contributed by atoms with van der Waals surface area (Å²) in [4.78, 5) is 0. The van der Waals surface area contributed by atoms with E-state index in [0.717, 1.165) is 9.52 Å². The first-order valence-corrected chi connectivity index (χ1v) is 7.73. The first kappa shape index (κ1) is 10.1. The van der Waals surface area contributed by atoms with E-state index in [4.69, 9.17) is 0 Å². The topological polar surface area (TPSA) is 0 Å². The van der Waals surface area contributed by atoms with Crippen LogP contribution in [0.15, 0.2) is 54.6 Å². The smallest absolute Gasteiger partial charge is 0.0688 e. The third-order valence-corrected chi connectivity index (χ3v) is 4.73. The van der Waals surface area contributed by atoms with Crippen molar-refractivity contribution < 1.29 is 0 Å². The maximum absolute atomic E-state index is 2.36. The normalized spacial score (nSPS) is 11.8. The van der Waals surface area contributed by atoms with Crippen LogP contribution in [-0.2, 0) is 0 Å². The van der Waals surface area contributed by atoms with Crippen molar-refractivity contribution in [2.45, 2.75) is 6.55 Å². The summed E-state index contributed by atoms with van der Waals surface area (Å²) in [6, 6.07) is 20.1. The Morgan fingerprint density at radius 2 is 1.39 bits per heavy atom. The molecule has 2 radical (unpaired) electrons. The summed E-state index contributed by atoms with van der Waals surface area (Å²) < 4.78 is 0. The first-order chi connectivity index (χ1) is 8.88. The SMILES string of the molecule is C[Si]c1cc2cccc3ccc4cccc1c4c32. The van der Waals surface area contributed by atoms with Crippen LogP contribution in [-0.4, -0.2) is 9.52 Å². The lowest BCUT2D eigenvalue weighted by molar-refractivity contribution is 1.80. The highest BCUT2D eigenvalue weighted by Gasteiger charge is 2.10. The van der Waals surface area contributed by atoms with Gasteiger partial charge in [0.2, 0.25) is 0 Å². The molecular weight excluding hydrogens is 232 g/mol. The van der Waals surface area contributed by atoms with Crippen LogP contribution in [0, 0.1) is 0 Å². The Kier molecular flexibility index (Phi) is 2.00. The summed E-state index contributed by atoms with van der Waals surface area (Å²) in [5.74, 6) is 0. The fourth-order valence-corrected chi connectivity index (χ4v) is 3.75. The molecule has 0 nitrogen and oxygen atoms in total. The Hall–Kier alpha value is -1.86. The summed E-state index contributed by atoms with van der Waals surface area (Å²) in [6.07, 6.45) is 0. The molecule has 0 aliphatic carbocycles. The van der Waals surface area contributed by atoms with Crippen molar-refractivity contribution in [1.29, 1.82) is 0 Å². The zero-order valence-electron chi connectivity index (χ0n) is 10.2. The molecule has 0 N–H and O–H groups in total. The van der Waals surface area contributed by atoms with Crippen LogP contribution in [0.3, 0.4) is 0 Å². The predicted octanol–water partition coefficient (Wildman–Crippen LogP) is 3.96. The molecule has 0 saturated carbocycles. The Morgan fingerprint density at radius 1 is 0.722 bits per heavy atom. The van der Waals surface area contributed by atoms with Gasteiger partial charge in [0, 0.05) is 0 Å². The number of hydrogen-bond acceptors (Lipinski definition) is 0. The van der Waals surface area contributed by atoms with Gasteiger partial charge in [0.15, 0.2) is 0 Å². The Bertz CT molecular complexity index is 861. The molecule has 0 heterocycles. The third kappa shape index (κ3) is 1.20. The van der Waals surface area contributed by atoms with Gasteiger partial charge in [-0.1, -0.05) is 66.3 Å². The van der Waals surface area contributed by atoms with Gasteiger partial charge in [0.05, 0.1) is 9.52 Å². The predicted molar refractivity (Wildman–Crippen MR) is 81.4 cm³/mol. The van der Waals surface area contributed by atoms with E-state index in [1.165, 1.54) is 37.5 Å². The molecule has 0 bridgehead atoms. The minimum atomic E-state index is 0.840. The Morgan fingerprint density at radius 3 is 2.17 bits per heavy atom. The molecular formula is C17H12Si. The molecule has 0 fully saturated rings. The van der Waals surface area contributed by atoms with Gasteiger partial charge < -0.3 is 0 Å². The molecule has 4 aromatic carbocycles. The van der Waals surface area contributed by atoms with Crippen LogP contribution in [0.1, 0.15) is 0 Å². The molecule has 0 atom stereocenters. The van der Waals surface area contributed by atoms with Gasteiger partial charge >= 0.3 is 0 Å². The monoisotopic (exact) mass is 244 g/mol. The maximum Gasteiger partial charge on any atom is 0.0782 e. The van der Waals surface area contributed by atoms with Crippen molar-refractivity contribution in [1.82, 2.24) is 0 Å². The zero-order valence-corrected chi connectivity index (χ0v) is 11.2. The molecule has 18 heavy (non-hydrogen) atoms. The van der Waals surface area contributed by atoms with Crippen molar-refractivity contribution >= 4 is 47.0 Å². The summed E-state index contributed by atoms with van der Waals surface area (Å²) >= 11 is 0. The highest BCUT2D eigenvalue weighted by molar-refractivity contribution is 6.57. The standard InChI is InChI=1S/C17H12Si/c1-18-15-10-13-6-2-4-11-8-9-12-5-3-7-14(15)17(12)16(11)13/h2-10H,1H3. The van der Waals surface area contributed by atoms with E-state index >= 15 is 0 Å². The number of hydrogen-bond donors (Lipinski definition) is 0. The van der Waals surface area contributed by atoms with E-state index in [-0.39, 0.29) is 0 Å². The number of benzene rings is 4. The van der Waals surface area contributed by atoms with Gasteiger partial charge in [-0.15, -0.1) is 0 Å². The highest BCUT2D eigenvalue weighted by atomic mass is 28.2. The molecule has 0 spiro atoms. The summed E-state index contributed by atoms with van der Waals surface area (Å²) in [5, 5.41) is 9.86. The van der Waals surface area contributed by atoms with Gasteiger partial charge in [-0.05, 0) is 32.3 Å². The fraction of sp³-hybridized carbons (Fsp3) is 0.0588. The van der Waals surface area contributed by atoms with Gasteiger partial charge in [-0.3, -0.25) is 0 Å². The average Bonchev–Trinajstić information content (AvgIpc) is 2.44. The van der Waals surface area contributed by atoms with Crippen molar-refractivity contribution in [3.05, 3.63) is 54.6 Å². The second kappa shape index (κ2) is 3.56. The van der Waals surface area contributed by atoms with Crippen LogP contribution >= 0.6 is 0 Å². The van der Waals surface area contributed by atoms with E-state index in [9.17, 15) is 0 Å². The fourth-order valence-electron chi connectivity index (χ4n) is 2.97. The maximum atomic E-state index is 2.36. The van der Waals surface area contributed by atoms with E-state index in [2.05, 4.69) is 61.1 Å². The molecule has 0 unspecified atom stereocenters. The van der Waals surface area contributed by atoms with E-state index in [0.29, 0.717) is 0 Å². The minimum Gasteiger partial charge on any atom is -0.0688 e. The second-order valence-corrected chi connectivity index (χ2v) is 5.76. The van der Waals surface area contributed by atoms with E-state index in [1.54, 1.807) is 0 Å².